The first-order chi connectivity index (χ1) is 10.2. The Morgan fingerprint density at radius 2 is 2.10 bits per heavy atom. The Bertz CT molecular complexity index is 744. The number of nitrogens with zero attached hydrogens (tertiary/aromatic N) is 5. The molecule has 3 rings (SSSR count). The van der Waals surface area contributed by atoms with Crippen molar-refractivity contribution in [3.05, 3.63) is 41.6 Å². The van der Waals surface area contributed by atoms with Crippen LogP contribution in [0.15, 0.2) is 24.4 Å². The largest absolute Gasteiger partial charge is 0.312 e. The van der Waals surface area contributed by atoms with E-state index < -0.39 is 0 Å². The molecule has 0 aliphatic rings. The van der Waals surface area contributed by atoms with Crippen LogP contribution in [-0.2, 0) is 26.4 Å². The van der Waals surface area contributed by atoms with Gasteiger partial charge in [0, 0.05) is 44.2 Å². The van der Waals surface area contributed by atoms with Gasteiger partial charge >= 0.3 is 0 Å². The first kappa shape index (κ1) is 14.1. The monoisotopic (exact) mass is 303 g/mol. The lowest BCUT2D eigenvalue weighted by Crippen LogP contribution is -2.10. The second-order valence-corrected chi connectivity index (χ2v) is 5.45. The molecule has 5 nitrogen and oxygen atoms in total. The maximum atomic E-state index is 5.91. The van der Waals surface area contributed by atoms with Gasteiger partial charge in [-0.15, -0.1) is 11.6 Å². The van der Waals surface area contributed by atoms with Gasteiger partial charge in [-0.25, -0.2) is 4.98 Å². The number of imidazole rings is 1. The van der Waals surface area contributed by atoms with Crippen molar-refractivity contribution >= 4 is 22.8 Å². The normalized spacial score (nSPS) is 11.4. The van der Waals surface area contributed by atoms with Gasteiger partial charge in [0.1, 0.15) is 11.3 Å². The summed E-state index contributed by atoms with van der Waals surface area (Å²) >= 11 is 5.91. The fraction of sp³-hybridized carbons (Fsp3) is 0.400. The Balaban J connectivity index is 1.97. The van der Waals surface area contributed by atoms with Gasteiger partial charge in [-0.3, -0.25) is 9.67 Å². The number of fused-ring (bicyclic) bond motifs is 1. The molecular formula is C15H18ClN5. The number of aryl methyl sites for hydroxylation is 5. The van der Waals surface area contributed by atoms with E-state index in [0.717, 1.165) is 47.8 Å². The van der Waals surface area contributed by atoms with Gasteiger partial charge in [-0.1, -0.05) is 6.07 Å². The number of alkyl halides is 1. The van der Waals surface area contributed by atoms with Gasteiger partial charge in [0.2, 0.25) is 0 Å². The van der Waals surface area contributed by atoms with Crippen molar-refractivity contribution < 1.29 is 0 Å². The maximum Gasteiger partial charge on any atom is 0.158 e. The summed E-state index contributed by atoms with van der Waals surface area (Å²) in [5.41, 5.74) is 4.07. The molecular weight excluding hydrogens is 286 g/mol. The van der Waals surface area contributed by atoms with Crippen molar-refractivity contribution in [3.8, 4) is 0 Å². The Hall–Kier alpha value is -1.88. The Kier molecular flexibility index (Phi) is 3.92. The highest BCUT2D eigenvalue weighted by atomic mass is 35.5. The molecule has 0 aromatic carbocycles. The third-order valence-corrected chi connectivity index (χ3v) is 3.79. The predicted molar refractivity (Wildman–Crippen MR) is 83.6 cm³/mol. The summed E-state index contributed by atoms with van der Waals surface area (Å²) in [5.74, 6) is 1.59. The first-order valence-corrected chi connectivity index (χ1v) is 7.58. The molecule has 3 aromatic rings. The van der Waals surface area contributed by atoms with Crippen molar-refractivity contribution in [2.45, 2.75) is 26.3 Å². The van der Waals surface area contributed by atoms with Crippen molar-refractivity contribution in [3.63, 3.8) is 0 Å². The third kappa shape index (κ3) is 2.65. The molecule has 6 heteroatoms. The van der Waals surface area contributed by atoms with Gasteiger partial charge in [-0.2, -0.15) is 5.10 Å². The van der Waals surface area contributed by atoms with Crippen molar-refractivity contribution in [1.82, 2.24) is 24.3 Å². The lowest BCUT2D eigenvalue weighted by atomic mass is 10.2. The molecule has 0 aliphatic heterocycles. The van der Waals surface area contributed by atoms with Crippen LogP contribution in [0.25, 0.3) is 11.2 Å². The third-order valence-electron chi connectivity index (χ3n) is 3.60. The van der Waals surface area contributed by atoms with Crippen LogP contribution >= 0.6 is 11.6 Å². The van der Waals surface area contributed by atoms with Gasteiger partial charge < -0.3 is 4.57 Å². The number of halogens is 1. The van der Waals surface area contributed by atoms with E-state index in [9.17, 15) is 0 Å². The molecule has 0 N–H and O–H groups in total. The zero-order chi connectivity index (χ0) is 14.8. The minimum absolute atomic E-state index is 0.569. The highest BCUT2D eigenvalue weighted by Gasteiger charge is 2.16. The summed E-state index contributed by atoms with van der Waals surface area (Å²) in [7, 11) is 1.96. The Morgan fingerprint density at radius 1 is 1.24 bits per heavy atom. The average Bonchev–Trinajstić information content (AvgIpc) is 2.97. The van der Waals surface area contributed by atoms with Crippen LogP contribution in [0.5, 0.6) is 0 Å². The number of aromatic nitrogens is 5. The Morgan fingerprint density at radius 3 is 2.81 bits per heavy atom. The van der Waals surface area contributed by atoms with E-state index in [0.29, 0.717) is 5.88 Å². The van der Waals surface area contributed by atoms with Crippen LogP contribution in [0.3, 0.4) is 0 Å². The van der Waals surface area contributed by atoms with Gasteiger partial charge in [0.25, 0.3) is 0 Å². The maximum absolute atomic E-state index is 5.91. The SMILES string of the molecule is Cc1nn(C)c2c1nc(CCCl)n2CCc1ccccn1. The molecule has 0 spiro atoms. The van der Waals surface area contributed by atoms with Crippen molar-refractivity contribution in [2.24, 2.45) is 7.05 Å². The molecule has 3 aromatic heterocycles. The summed E-state index contributed by atoms with van der Waals surface area (Å²) in [6, 6.07) is 5.99. The molecule has 0 saturated heterocycles. The van der Waals surface area contributed by atoms with Crippen LogP contribution in [0, 0.1) is 6.92 Å². The van der Waals surface area contributed by atoms with E-state index in [1.807, 2.05) is 43.0 Å². The van der Waals surface area contributed by atoms with Crippen LogP contribution in [-0.4, -0.2) is 30.2 Å². The zero-order valence-electron chi connectivity index (χ0n) is 12.3. The van der Waals surface area contributed by atoms with E-state index in [1.54, 1.807) is 0 Å². The molecule has 21 heavy (non-hydrogen) atoms. The molecule has 0 radical (unpaired) electrons. The highest BCUT2D eigenvalue weighted by molar-refractivity contribution is 6.17. The molecule has 0 unspecified atom stereocenters. The summed E-state index contributed by atoms with van der Waals surface area (Å²) in [6.45, 7) is 2.82. The number of hydrogen-bond acceptors (Lipinski definition) is 3. The smallest absolute Gasteiger partial charge is 0.158 e. The second kappa shape index (κ2) is 5.85. The summed E-state index contributed by atoms with van der Waals surface area (Å²) < 4.78 is 4.11. The van der Waals surface area contributed by atoms with E-state index in [1.165, 1.54) is 0 Å². The predicted octanol–water partition coefficient (Wildman–Crippen LogP) is 2.50. The fourth-order valence-corrected chi connectivity index (χ4v) is 2.83. The van der Waals surface area contributed by atoms with E-state index in [4.69, 9.17) is 16.6 Å². The standard InChI is InChI=1S/C15H18ClN5/c1-11-14-15(20(2)19-11)21(13(18-14)6-8-16)10-7-12-5-3-4-9-17-12/h3-5,9H,6-8,10H2,1-2H3. The Labute approximate surface area is 128 Å². The van der Waals surface area contributed by atoms with Crippen LogP contribution < -0.4 is 0 Å². The highest BCUT2D eigenvalue weighted by Crippen LogP contribution is 2.20. The van der Waals surface area contributed by atoms with E-state index in [-0.39, 0.29) is 0 Å². The van der Waals surface area contributed by atoms with E-state index in [2.05, 4.69) is 14.6 Å². The zero-order valence-corrected chi connectivity index (χ0v) is 13.0. The lowest BCUT2D eigenvalue weighted by Gasteiger charge is -2.08. The minimum Gasteiger partial charge on any atom is -0.312 e. The molecule has 0 amide bonds. The average molecular weight is 304 g/mol. The molecule has 0 bridgehead atoms. The minimum atomic E-state index is 0.569. The number of rotatable bonds is 5. The molecule has 0 saturated carbocycles. The molecule has 0 fully saturated rings. The molecule has 0 atom stereocenters. The van der Waals surface area contributed by atoms with E-state index >= 15 is 0 Å². The molecule has 3 heterocycles. The van der Waals surface area contributed by atoms with Gasteiger partial charge in [0.05, 0.1) is 5.69 Å². The van der Waals surface area contributed by atoms with Crippen LogP contribution in [0.1, 0.15) is 17.2 Å². The molecule has 0 aliphatic carbocycles. The van der Waals surface area contributed by atoms with Gasteiger partial charge in [0.15, 0.2) is 5.65 Å². The summed E-state index contributed by atoms with van der Waals surface area (Å²) in [6.07, 6.45) is 3.45. The lowest BCUT2D eigenvalue weighted by molar-refractivity contribution is 0.636. The number of pyridine rings is 1. The summed E-state index contributed by atoms with van der Waals surface area (Å²) in [4.78, 5) is 9.09. The summed E-state index contributed by atoms with van der Waals surface area (Å²) in [5, 5.41) is 4.45. The van der Waals surface area contributed by atoms with Crippen molar-refractivity contribution in [1.29, 1.82) is 0 Å². The topological polar surface area (TPSA) is 48.5 Å². The fourth-order valence-electron chi connectivity index (χ4n) is 2.66. The van der Waals surface area contributed by atoms with Crippen molar-refractivity contribution in [2.75, 3.05) is 5.88 Å². The van der Waals surface area contributed by atoms with Gasteiger partial charge in [-0.05, 0) is 19.1 Å². The molecule has 110 valence electrons. The van der Waals surface area contributed by atoms with Crippen LogP contribution in [0.2, 0.25) is 0 Å². The first-order valence-electron chi connectivity index (χ1n) is 7.05. The second-order valence-electron chi connectivity index (χ2n) is 5.07. The quantitative estimate of drug-likeness (QED) is 0.680. The van der Waals surface area contributed by atoms with Crippen LogP contribution in [0.4, 0.5) is 0 Å². The number of hydrogen-bond donors (Lipinski definition) is 0.